The van der Waals surface area contributed by atoms with Gasteiger partial charge in [-0.05, 0) is 30.9 Å². The zero-order chi connectivity index (χ0) is 12.1. The zero-order valence-corrected chi connectivity index (χ0v) is 10.6. The first-order valence-electron chi connectivity index (χ1n) is 5.82. The highest BCUT2D eigenvalue weighted by Gasteiger charge is 2.05. The van der Waals surface area contributed by atoms with Crippen LogP contribution in [0, 0.1) is 19.8 Å². The molecule has 0 aliphatic heterocycles. The summed E-state index contributed by atoms with van der Waals surface area (Å²) in [4.78, 5) is 11.5. The second kappa shape index (κ2) is 5.69. The van der Waals surface area contributed by atoms with Gasteiger partial charge in [0, 0.05) is 13.0 Å². The topological polar surface area (TPSA) is 29.1 Å². The molecule has 0 unspecified atom stereocenters. The first-order chi connectivity index (χ1) is 7.49. The lowest BCUT2D eigenvalue weighted by atomic mass is 10.1. The van der Waals surface area contributed by atoms with Crippen LogP contribution in [0.4, 0.5) is 0 Å². The van der Waals surface area contributed by atoms with Crippen molar-refractivity contribution in [3.8, 4) is 0 Å². The maximum absolute atomic E-state index is 11.5. The number of benzene rings is 1. The standard InChI is InChI=1S/C14H21NO/c1-10(2)7-14(16)15-9-13-6-5-11(3)8-12(13)4/h5-6,8,10H,7,9H2,1-4H3,(H,15,16). The fraction of sp³-hybridized carbons (Fsp3) is 0.500. The lowest BCUT2D eigenvalue weighted by Crippen LogP contribution is -2.24. The normalized spacial score (nSPS) is 10.6. The van der Waals surface area contributed by atoms with Crippen LogP contribution in [0.1, 0.15) is 37.0 Å². The minimum Gasteiger partial charge on any atom is -0.352 e. The molecule has 0 spiro atoms. The molecule has 1 aromatic rings. The zero-order valence-electron chi connectivity index (χ0n) is 10.6. The monoisotopic (exact) mass is 219 g/mol. The van der Waals surface area contributed by atoms with Crippen molar-refractivity contribution in [1.82, 2.24) is 5.32 Å². The van der Waals surface area contributed by atoms with Crippen LogP contribution in [-0.4, -0.2) is 5.91 Å². The largest absolute Gasteiger partial charge is 0.352 e. The van der Waals surface area contributed by atoms with Gasteiger partial charge in [-0.15, -0.1) is 0 Å². The van der Waals surface area contributed by atoms with E-state index in [0.717, 1.165) is 0 Å². The van der Waals surface area contributed by atoms with Crippen LogP contribution >= 0.6 is 0 Å². The first-order valence-corrected chi connectivity index (χ1v) is 5.82. The number of carbonyl (C=O) groups excluding carboxylic acids is 1. The molecule has 0 atom stereocenters. The number of amides is 1. The summed E-state index contributed by atoms with van der Waals surface area (Å²) in [6, 6.07) is 6.31. The Kier molecular flexibility index (Phi) is 4.53. The Bertz CT molecular complexity index is 369. The third-order valence-electron chi connectivity index (χ3n) is 2.57. The molecule has 2 heteroatoms. The number of hydrogen-bond acceptors (Lipinski definition) is 1. The Balaban J connectivity index is 2.51. The van der Waals surface area contributed by atoms with E-state index in [1.54, 1.807) is 0 Å². The van der Waals surface area contributed by atoms with Gasteiger partial charge in [0.25, 0.3) is 0 Å². The third kappa shape index (κ3) is 4.05. The van der Waals surface area contributed by atoms with Crippen LogP contribution in [0.25, 0.3) is 0 Å². The van der Waals surface area contributed by atoms with Crippen molar-refractivity contribution in [2.24, 2.45) is 5.92 Å². The van der Waals surface area contributed by atoms with E-state index < -0.39 is 0 Å². The Labute approximate surface area is 98.1 Å². The van der Waals surface area contributed by atoms with Gasteiger partial charge in [-0.25, -0.2) is 0 Å². The van der Waals surface area contributed by atoms with E-state index in [2.05, 4.69) is 51.2 Å². The average Bonchev–Trinajstić information content (AvgIpc) is 2.15. The average molecular weight is 219 g/mol. The highest BCUT2D eigenvalue weighted by molar-refractivity contribution is 5.76. The van der Waals surface area contributed by atoms with Gasteiger partial charge in [-0.2, -0.15) is 0 Å². The Morgan fingerprint density at radius 1 is 1.31 bits per heavy atom. The van der Waals surface area contributed by atoms with E-state index in [4.69, 9.17) is 0 Å². The lowest BCUT2D eigenvalue weighted by Gasteiger charge is -2.09. The summed E-state index contributed by atoms with van der Waals surface area (Å²) in [6.45, 7) is 8.90. The molecule has 1 amide bonds. The fourth-order valence-electron chi connectivity index (χ4n) is 1.68. The van der Waals surface area contributed by atoms with Crippen LogP contribution in [0.15, 0.2) is 18.2 Å². The van der Waals surface area contributed by atoms with Gasteiger partial charge >= 0.3 is 0 Å². The van der Waals surface area contributed by atoms with Crippen molar-refractivity contribution >= 4 is 5.91 Å². The van der Waals surface area contributed by atoms with Crippen molar-refractivity contribution in [3.63, 3.8) is 0 Å². The maximum atomic E-state index is 11.5. The van der Waals surface area contributed by atoms with E-state index in [1.807, 2.05) is 0 Å². The van der Waals surface area contributed by atoms with Gasteiger partial charge in [0.15, 0.2) is 0 Å². The molecular formula is C14H21NO. The van der Waals surface area contributed by atoms with Gasteiger partial charge in [0.2, 0.25) is 5.91 Å². The van der Waals surface area contributed by atoms with Gasteiger partial charge < -0.3 is 5.32 Å². The molecule has 0 aliphatic rings. The van der Waals surface area contributed by atoms with Crippen LogP contribution in [0.2, 0.25) is 0 Å². The minimum absolute atomic E-state index is 0.134. The SMILES string of the molecule is Cc1ccc(CNC(=O)CC(C)C)c(C)c1. The molecule has 0 aromatic heterocycles. The molecule has 0 heterocycles. The molecule has 0 radical (unpaired) electrons. The Morgan fingerprint density at radius 2 is 2.00 bits per heavy atom. The molecule has 88 valence electrons. The number of aryl methyl sites for hydroxylation is 2. The highest BCUT2D eigenvalue weighted by Crippen LogP contribution is 2.10. The van der Waals surface area contributed by atoms with Crippen molar-refractivity contribution in [2.45, 2.75) is 40.7 Å². The third-order valence-corrected chi connectivity index (χ3v) is 2.57. The predicted molar refractivity (Wildman–Crippen MR) is 67.2 cm³/mol. The summed E-state index contributed by atoms with van der Waals surface area (Å²) >= 11 is 0. The van der Waals surface area contributed by atoms with Crippen molar-refractivity contribution in [3.05, 3.63) is 34.9 Å². The van der Waals surface area contributed by atoms with Gasteiger partial charge in [0.05, 0.1) is 0 Å². The minimum atomic E-state index is 0.134. The second-order valence-electron chi connectivity index (χ2n) is 4.80. The van der Waals surface area contributed by atoms with Crippen LogP contribution in [0.5, 0.6) is 0 Å². The number of nitrogens with one attached hydrogen (secondary N) is 1. The van der Waals surface area contributed by atoms with Crippen molar-refractivity contribution < 1.29 is 4.79 Å². The molecule has 0 bridgehead atoms. The first kappa shape index (κ1) is 12.8. The Morgan fingerprint density at radius 3 is 2.56 bits per heavy atom. The second-order valence-corrected chi connectivity index (χ2v) is 4.80. The number of hydrogen-bond donors (Lipinski definition) is 1. The van der Waals surface area contributed by atoms with Gasteiger partial charge in [0.1, 0.15) is 0 Å². The smallest absolute Gasteiger partial charge is 0.220 e. The summed E-state index contributed by atoms with van der Waals surface area (Å²) in [5.74, 6) is 0.550. The molecular weight excluding hydrogens is 198 g/mol. The summed E-state index contributed by atoms with van der Waals surface area (Å²) in [6.07, 6.45) is 0.602. The van der Waals surface area contributed by atoms with Crippen LogP contribution < -0.4 is 5.32 Å². The number of rotatable bonds is 4. The molecule has 1 N–H and O–H groups in total. The Hall–Kier alpha value is -1.31. The molecule has 0 saturated carbocycles. The summed E-state index contributed by atoms with van der Waals surface area (Å²) < 4.78 is 0. The van der Waals surface area contributed by atoms with E-state index in [0.29, 0.717) is 18.9 Å². The summed E-state index contributed by atoms with van der Waals surface area (Å²) in [7, 11) is 0. The lowest BCUT2D eigenvalue weighted by molar-refractivity contribution is -0.121. The summed E-state index contributed by atoms with van der Waals surface area (Å²) in [5.41, 5.74) is 3.70. The molecule has 2 nitrogen and oxygen atoms in total. The van der Waals surface area contributed by atoms with E-state index >= 15 is 0 Å². The fourth-order valence-corrected chi connectivity index (χ4v) is 1.68. The maximum Gasteiger partial charge on any atom is 0.220 e. The van der Waals surface area contributed by atoms with Crippen molar-refractivity contribution in [2.75, 3.05) is 0 Å². The molecule has 0 saturated heterocycles. The molecule has 16 heavy (non-hydrogen) atoms. The van der Waals surface area contributed by atoms with Crippen LogP contribution in [-0.2, 0) is 11.3 Å². The summed E-state index contributed by atoms with van der Waals surface area (Å²) in [5, 5.41) is 2.95. The number of carbonyl (C=O) groups is 1. The van der Waals surface area contributed by atoms with E-state index in [1.165, 1.54) is 16.7 Å². The quantitative estimate of drug-likeness (QED) is 0.828. The molecule has 0 aliphatic carbocycles. The molecule has 0 fully saturated rings. The molecule has 1 rings (SSSR count). The van der Waals surface area contributed by atoms with E-state index in [-0.39, 0.29) is 5.91 Å². The highest BCUT2D eigenvalue weighted by atomic mass is 16.1. The van der Waals surface area contributed by atoms with Crippen LogP contribution in [0.3, 0.4) is 0 Å². The predicted octanol–water partition coefficient (Wildman–Crippen LogP) is 2.97. The van der Waals surface area contributed by atoms with E-state index in [9.17, 15) is 4.79 Å². The van der Waals surface area contributed by atoms with Gasteiger partial charge in [-0.3, -0.25) is 4.79 Å². The van der Waals surface area contributed by atoms with Gasteiger partial charge in [-0.1, -0.05) is 37.6 Å². The molecule has 1 aromatic carbocycles. The van der Waals surface area contributed by atoms with Crippen molar-refractivity contribution in [1.29, 1.82) is 0 Å².